The highest BCUT2D eigenvalue weighted by molar-refractivity contribution is 14.0. The average Bonchev–Trinajstić information content (AvgIpc) is 3.40. The van der Waals surface area contributed by atoms with Gasteiger partial charge in [0.2, 0.25) is 0 Å². The molecule has 4 nitrogen and oxygen atoms in total. The van der Waals surface area contributed by atoms with Crippen molar-refractivity contribution in [3.05, 3.63) is 64.7 Å². The van der Waals surface area contributed by atoms with E-state index < -0.39 is 0 Å². The molecule has 2 N–H and O–H groups in total. The van der Waals surface area contributed by atoms with Crippen molar-refractivity contribution in [3.8, 4) is 0 Å². The first-order valence-electron chi connectivity index (χ1n) is 8.50. The Morgan fingerprint density at radius 2 is 2.08 bits per heavy atom. The smallest absolute Gasteiger partial charge is 0.191 e. The molecule has 1 fully saturated rings. The number of nitrogens with zero attached hydrogens (tertiary/aromatic N) is 2. The molecule has 1 aliphatic rings. The van der Waals surface area contributed by atoms with Crippen LogP contribution in [-0.2, 0) is 12.0 Å². The molecule has 0 atom stereocenters. The third kappa shape index (κ3) is 5.54. The van der Waals surface area contributed by atoms with Crippen molar-refractivity contribution in [1.29, 1.82) is 0 Å². The van der Waals surface area contributed by atoms with E-state index in [0.29, 0.717) is 11.7 Å². The maximum Gasteiger partial charge on any atom is 0.191 e. The van der Waals surface area contributed by atoms with Crippen molar-refractivity contribution < 1.29 is 4.39 Å². The van der Waals surface area contributed by atoms with Gasteiger partial charge in [-0.1, -0.05) is 29.8 Å². The van der Waals surface area contributed by atoms with Crippen LogP contribution < -0.4 is 10.6 Å². The number of aliphatic imine (C=N–C) groups is 1. The van der Waals surface area contributed by atoms with Crippen LogP contribution in [0.15, 0.2) is 47.6 Å². The van der Waals surface area contributed by atoms with Gasteiger partial charge in [0, 0.05) is 24.7 Å². The Morgan fingerprint density at radius 3 is 2.69 bits per heavy atom. The standard InChI is InChI=1S/C19H22ClFN4.HI/c1-2-22-18(24-12-14-6-7-17(20)23-11-14)25-13-19(8-9-19)15-4-3-5-16(21)10-15;/h3-7,10-11H,2,8-9,12-13H2,1H3,(H2,22,24,25);1H. The summed E-state index contributed by atoms with van der Waals surface area (Å²) in [7, 11) is 0. The second-order valence-corrected chi connectivity index (χ2v) is 6.72. The number of rotatable bonds is 6. The van der Waals surface area contributed by atoms with E-state index in [4.69, 9.17) is 11.6 Å². The van der Waals surface area contributed by atoms with Crippen molar-refractivity contribution in [2.24, 2.45) is 4.99 Å². The molecule has 0 amide bonds. The highest BCUT2D eigenvalue weighted by atomic mass is 127. The molecule has 7 heteroatoms. The second-order valence-electron chi connectivity index (χ2n) is 6.33. The normalized spacial score (nSPS) is 15.1. The Hall–Kier alpha value is -1.41. The van der Waals surface area contributed by atoms with Crippen LogP contribution in [0.5, 0.6) is 0 Å². The van der Waals surface area contributed by atoms with Gasteiger partial charge in [-0.15, -0.1) is 24.0 Å². The van der Waals surface area contributed by atoms with E-state index in [9.17, 15) is 4.39 Å². The van der Waals surface area contributed by atoms with E-state index in [1.54, 1.807) is 24.4 Å². The Morgan fingerprint density at radius 1 is 1.27 bits per heavy atom. The molecule has 0 unspecified atom stereocenters. The molecular formula is C19H23ClFIN4. The maximum atomic E-state index is 13.5. The predicted molar refractivity (Wildman–Crippen MR) is 115 cm³/mol. The Kier molecular flexibility index (Phi) is 7.64. The van der Waals surface area contributed by atoms with E-state index >= 15 is 0 Å². The van der Waals surface area contributed by atoms with Gasteiger partial charge in [-0.05, 0) is 49.1 Å². The largest absolute Gasteiger partial charge is 0.357 e. The van der Waals surface area contributed by atoms with Crippen LogP contribution in [0, 0.1) is 5.82 Å². The van der Waals surface area contributed by atoms with Crippen LogP contribution in [0.1, 0.15) is 30.9 Å². The van der Waals surface area contributed by atoms with Gasteiger partial charge in [0.25, 0.3) is 0 Å². The molecule has 0 saturated heterocycles. The zero-order valence-corrected chi connectivity index (χ0v) is 17.7. The minimum Gasteiger partial charge on any atom is -0.357 e. The van der Waals surface area contributed by atoms with Crippen molar-refractivity contribution >= 4 is 41.5 Å². The quantitative estimate of drug-likeness (QED) is 0.276. The fourth-order valence-corrected chi connectivity index (χ4v) is 2.91. The molecule has 0 bridgehead atoms. The van der Waals surface area contributed by atoms with Crippen molar-refractivity contribution in [1.82, 2.24) is 15.6 Å². The van der Waals surface area contributed by atoms with Gasteiger partial charge < -0.3 is 10.6 Å². The molecule has 3 rings (SSSR count). The van der Waals surface area contributed by atoms with Crippen molar-refractivity contribution in [3.63, 3.8) is 0 Å². The second kappa shape index (κ2) is 9.50. The summed E-state index contributed by atoms with van der Waals surface area (Å²) in [4.78, 5) is 8.66. The van der Waals surface area contributed by atoms with Crippen molar-refractivity contribution in [2.75, 3.05) is 13.1 Å². The number of pyridine rings is 1. The van der Waals surface area contributed by atoms with E-state index in [1.807, 2.05) is 19.1 Å². The number of nitrogens with one attached hydrogen (secondary N) is 2. The summed E-state index contributed by atoms with van der Waals surface area (Å²) in [6, 6.07) is 10.6. The van der Waals surface area contributed by atoms with Crippen LogP contribution in [0.2, 0.25) is 5.15 Å². The first-order valence-corrected chi connectivity index (χ1v) is 8.88. The lowest BCUT2D eigenvalue weighted by Gasteiger charge is -2.19. The van der Waals surface area contributed by atoms with E-state index in [-0.39, 0.29) is 35.2 Å². The molecule has 0 aliphatic heterocycles. The molecule has 1 aromatic carbocycles. The topological polar surface area (TPSA) is 49.3 Å². The van der Waals surface area contributed by atoms with E-state index in [2.05, 4.69) is 20.6 Å². The highest BCUT2D eigenvalue weighted by Crippen LogP contribution is 2.47. The van der Waals surface area contributed by atoms with Crippen LogP contribution >= 0.6 is 35.6 Å². The number of hydrogen-bond acceptors (Lipinski definition) is 2. The van der Waals surface area contributed by atoms with Crippen LogP contribution in [0.25, 0.3) is 0 Å². The van der Waals surface area contributed by atoms with Crippen LogP contribution in [0.3, 0.4) is 0 Å². The van der Waals surface area contributed by atoms with Gasteiger partial charge in [-0.2, -0.15) is 0 Å². The van der Waals surface area contributed by atoms with Gasteiger partial charge in [0.15, 0.2) is 5.96 Å². The van der Waals surface area contributed by atoms with Crippen LogP contribution in [-0.4, -0.2) is 24.0 Å². The molecule has 0 spiro atoms. The maximum absolute atomic E-state index is 13.5. The molecule has 26 heavy (non-hydrogen) atoms. The summed E-state index contributed by atoms with van der Waals surface area (Å²) in [5, 5.41) is 7.11. The molecule has 1 aliphatic carbocycles. The van der Waals surface area contributed by atoms with Gasteiger partial charge in [-0.25, -0.2) is 14.4 Å². The lowest BCUT2D eigenvalue weighted by atomic mass is 9.96. The van der Waals surface area contributed by atoms with Gasteiger partial charge in [-0.3, -0.25) is 0 Å². The number of hydrogen-bond donors (Lipinski definition) is 2. The number of halogens is 3. The summed E-state index contributed by atoms with van der Waals surface area (Å²) in [5.74, 6) is 0.569. The number of guanidine groups is 1. The first-order chi connectivity index (χ1) is 12.1. The Labute approximate surface area is 175 Å². The number of aromatic nitrogens is 1. The molecule has 0 radical (unpaired) electrons. The zero-order chi connectivity index (χ0) is 17.7. The predicted octanol–water partition coefficient (Wildman–Crippen LogP) is 4.28. The molecule has 1 heterocycles. The third-order valence-electron chi connectivity index (χ3n) is 4.44. The summed E-state index contributed by atoms with van der Waals surface area (Å²) >= 11 is 5.80. The number of benzene rings is 1. The highest BCUT2D eigenvalue weighted by Gasteiger charge is 2.44. The van der Waals surface area contributed by atoms with Gasteiger partial charge in [0.1, 0.15) is 11.0 Å². The lowest BCUT2D eigenvalue weighted by molar-refractivity contribution is 0.607. The van der Waals surface area contributed by atoms with Crippen LogP contribution in [0.4, 0.5) is 4.39 Å². The van der Waals surface area contributed by atoms with Crippen molar-refractivity contribution in [2.45, 2.75) is 31.7 Å². The van der Waals surface area contributed by atoms with Gasteiger partial charge in [0.05, 0.1) is 6.54 Å². The zero-order valence-electron chi connectivity index (χ0n) is 14.6. The molecule has 2 aromatic rings. The Bertz CT molecular complexity index is 747. The van der Waals surface area contributed by atoms with Gasteiger partial charge >= 0.3 is 0 Å². The molecular weight excluding hydrogens is 466 g/mol. The summed E-state index contributed by atoms with van der Waals surface area (Å²) in [6.07, 6.45) is 3.85. The minimum atomic E-state index is -0.181. The summed E-state index contributed by atoms with van der Waals surface area (Å²) < 4.78 is 13.5. The SMILES string of the molecule is CCNC(=NCc1ccc(Cl)nc1)NCC1(c2cccc(F)c2)CC1.I. The fraction of sp³-hybridized carbons (Fsp3) is 0.368. The average molecular weight is 489 g/mol. The molecule has 140 valence electrons. The minimum absolute atomic E-state index is 0. The fourth-order valence-electron chi connectivity index (χ4n) is 2.80. The summed E-state index contributed by atoms with van der Waals surface area (Å²) in [6.45, 7) is 4.06. The molecule has 1 saturated carbocycles. The van der Waals surface area contributed by atoms with E-state index in [0.717, 1.165) is 43.0 Å². The molecule has 1 aromatic heterocycles. The third-order valence-corrected chi connectivity index (χ3v) is 4.66. The van der Waals surface area contributed by atoms with E-state index in [1.165, 1.54) is 6.07 Å². The summed E-state index contributed by atoms with van der Waals surface area (Å²) in [5.41, 5.74) is 2.06. The first kappa shape index (κ1) is 20.9. The Balaban J connectivity index is 0.00000243. The monoisotopic (exact) mass is 488 g/mol. The lowest BCUT2D eigenvalue weighted by Crippen LogP contribution is -2.41.